The summed E-state index contributed by atoms with van der Waals surface area (Å²) >= 11 is 0. The van der Waals surface area contributed by atoms with Gasteiger partial charge in [-0.2, -0.15) is 5.10 Å². The summed E-state index contributed by atoms with van der Waals surface area (Å²) in [5, 5.41) is 4.57. The first kappa shape index (κ1) is 21.1. The van der Waals surface area contributed by atoms with Crippen LogP contribution in [0.3, 0.4) is 0 Å². The van der Waals surface area contributed by atoms with Gasteiger partial charge in [-0.05, 0) is 49.7 Å². The summed E-state index contributed by atoms with van der Waals surface area (Å²) in [4.78, 5) is 25.2. The molecule has 0 saturated carbocycles. The molecule has 7 heteroatoms. The van der Waals surface area contributed by atoms with E-state index >= 15 is 0 Å². The largest absolute Gasteiger partial charge is 0.491 e. The summed E-state index contributed by atoms with van der Waals surface area (Å²) in [5.74, 6) is -0.648. The Morgan fingerprint density at radius 3 is 2.17 bits per heavy atom. The molecule has 0 saturated heterocycles. The third kappa shape index (κ3) is 4.20. The molecule has 2 aromatic carbocycles. The van der Waals surface area contributed by atoms with Gasteiger partial charge in [0.25, 0.3) is 0 Å². The molecule has 0 radical (unpaired) electrons. The molecule has 3 aromatic rings. The summed E-state index contributed by atoms with van der Waals surface area (Å²) in [7, 11) is 2.52. The van der Waals surface area contributed by atoms with Crippen molar-refractivity contribution < 1.29 is 23.8 Å². The smallest absolute Gasteiger partial charge is 0.357 e. The lowest BCUT2D eigenvalue weighted by molar-refractivity contribution is 0.0549. The van der Waals surface area contributed by atoms with Crippen LogP contribution in [0.5, 0.6) is 5.75 Å². The number of carbonyl (C=O) groups excluding carboxylic acids is 2. The Labute approximate surface area is 175 Å². The number of carbonyl (C=O) groups is 2. The highest BCUT2D eigenvalue weighted by Crippen LogP contribution is 2.30. The molecule has 3 rings (SSSR count). The van der Waals surface area contributed by atoms with E-state index in [4.69, 9.17) is 14.2 Å². The Morgan fingerprint density at radius 2 is 1.60 bits per heavy atom. The second-order valence-electron chi connectivity index (χ2n) is 6.66. The molecule has 7 nitrogen and oxygen atoms in total. The van der Waals surface area contributed by atoms with Gasteiger partial charge in [-0.1, -0.05) is 25.1 Å². The van der Waals surface area contributed by atoms with E-state index in [1.165, 1.54) is 18.9 Å². The van der Waals surface area contributed by atoms with Gasteiger partial charge in [-0.3, -0.25) is 0 Å². The summed E-state index contributed by atoms with van der Waals surface area (Å²) < 4.78 is 17.1. The predicted molar refractivity (Wildman–Crippen MR) is 112 cm³/mol. The highest BCUT2D eigenvalue weighted by molar-refractivity contribution is 6.06. The van der Waals surface area contributed by atoms with Crippen LogP contribution in [0.25, 0.3) is 16.9 Å². The number of aromatic nitrogens is 2. The molecular formula is C23H24N2O5. The summed E-state index contributed by atoms with van der Waals surface area (Å²) in [6.45, 7) is 4.04. The molecule has 0 aliphatic heterocycles. The van der Waals surface area contributed by atoms with Crippen LogP contribution >= 0.6 is 0 Å². The standard InChI is InChI=1S/C23H24N2O5/c1-5-15(2)30-18-13-11-16(12-14-18)20-19(22(26)28-3)21(23(27)29-4)25(24-20)17-9-7-6-8-10-17/h6-15H,5H2,1-4H3. The van der Waals surface area contributed by atoms with Crippen molar-refractivity contribution in [2.24, 2.45) is 0 Å². The molecule has 30 heavy (non-hydrogen) atoms. The minimum Gasteiger partial charge on any atom is -0.491 e. The maximum Gasteiger partial charge on any atom is 0.357 e. The second-order valence-corrected chi connectivity index (χ2v) is 6.66. The molecule has 1 unspecified atom stereocenters. The molecule has 0 aliphatic rings. The number of nitrogens with zero attached hydrogens (tertiary/aromatic N) is 2. The fourth-order valence-corrected chi connectivity index (χ4v) is 2.96. The van der Waals surface area contributed by atoms with Crippen molar-refractivity contribution in [1.29, 1.82) is 0 Å². The number of hydrogen-bond donors (Lipinski definition) is 0. The highest BCUT2D eigenvalue weighted by Gasteiger charge is 2.31. The molecule has 0 bridgehead atoms. The van der Waals surface area contributed by atoms with Crippen LogP contribution in [-0.2, 0) is 9.47 Å². The van der Waals surface area contributed by atoms with Crippen LogP contribution in [-0.4, -0.2) is 42.0 Å². The lowest BCUT2D eigenvalue weighted by atomic mass is 10.1. The molecule has 0 aliphatic carbocycles. The van der Waals surface area contributed by atoms with Crippen LogP contribution in [0.2, 0.25) is 0 Å². The van der Waals surface area contributed by atoms with E-state index in [2.05, 4.69) is 5.10 Å². The maximum absolute atomic E-state index is 12.6. The zero-order valence-electron chi connectivity index (χ0n) is 17.4. The third-order valence-electron chi connectivity index (χ3n) is 4.69. The molecule has 1 aromatic heterocycles. The summed E-state index contributed by atoms with van der Waals surface area (Å²) in [6.07, 6.45) is 0.975. The first-order valence-electron chi connectivity index (χ1n) is 9.62. The minimum absolute atomic E-state index is 0.00508. The Morgan fingerprint density at radius 1 is 0.967 bits per heavy atom. The first-order chi connectivity index (χ1) is 14.5. The van der Waals surface area contributed by atoms with Crippen molar-refractivity contribution in [3.63, 3.8) is 0 Å². The number of para-hydroxylation sites is 1. The van der Waals surface area contributed by atoms with Crippen molar-refractivity contribution in [2.45, 2.75) is 26.4 Å². The van der Waals surface area contributed by atoms with Gasteiger partial charge >= 0.3 is 11.9 Å². The number of esters is 2. The molecule has 0 N–H and O–H groups in total. The monoisotopic (exact) mass is 408 g/mol. The fourth-order valence-electron chi connectivity index (χ4n) is 2.96. The lowest BCUT2D eigenvalue weighted by Crippen LogP contribution is -2.15. The zero-order chi connectivity index (χ0) is 21.7. The van der Waals surface area contributed by atoms with E-state index < -0.39 is 11.9 Å². The highest BCUT2D eigenvalue weighted by atomic mass is 16.5. The van der Waals surface area contributed by atoms with Crippen LogP contribution in [0.4, 0.5) is 0 Å². The van der Waals surface area contributed by atoms with Crippen molar-refractivity contribution in [2.75, 3.05) is 14.2 Å². The van der Waals surface area contributed by atoms with E-state index in [0.717, 1.165) is 6.42 Å². The van der Waals surface area contributed by atoms with Gasteiger partial charge in [0, 0.05) is 5.56 Å². The van der Waals surface area contributed by atoms with Gasteiger partial charge in [-0.25, -0.2) is 14.3 Å². The third-order valence-corrected chi connectivity index (χ3v) is 4.69. The lowest BCUT2D eigenvalue weighted by Gasteiger charge is -2.12. The van der Waals surface area contributed by atoms with Gasteiger partial charge in [0.2, 0.25) is 0 Å². The van der Waals surface area contributed by atoms with E-state index in [9.17, 15) is 9.59 Å². The predicted octanol–water partition coefficient (Wildman–Crippen LogP) is 4.29. The van der Waals surface area contributed by atoms with Gasteiger partial charge in [-0.15, -0.1) is 0 Å². The Kier molecular flexibility index (Phi) is 6.51. The van der Waals surface area contributed by atoms with Gasteiger partial charge in [0.1, 0.15) is 17.0 Å². The fraction of sp³-hybridized carbons (Fsp3) is 0.261. The Bertz CT molecular complexity index is 1030. The van der Waals surface area contributed by atoms with Gasteiger partial charge < -0.3 is 14.2 Å². The minimum atomic E-state index is -0.685. The molecule has 0 spiro atoms. The molecule has 1 heterocycles. The number of benzene rings is 2. The van der Waals surface area contributed by atoms with E-state index in [1.54, 1.807) is 24.3 Å². The molecule has 156 valence electrons. The Hall–Kier alpha value is -3.61. The maximum atomic E-state index is 12.6. The molecule has 0 amide bonds. The number of hydrogen-bond acceptors (Lipinski definition) is 6. The van der Waals surface area contributed by atoms with Crippen LogP contribution in [0.15, 0.2) is 54.6 Å². The summed E-state index contributed by atoms with van der Waals surface area (Å²) in [5.41, 5.74) is 1.63. The van der Waals surface area contributed by atoms with E-state index in [0.29, 0.717) is 22.7 Å². The number of ether oxygens (including phenoxy) is 3. The molecular weight excluding hydrogens is 384 g/mol. The van der Waals surface area contributed by atoms with Crippen LogP contribution in [0.1, 0.15) is 41.1 Å². The average Bonchev–Trinajstić information content (AvgIpc) is 3.19. The normalized spacial score (nSPS) is 11.6. The zero-order valence-corrected chi connectivity index (χ0v) is 17.4. The van der Waals surface area contributed by atoms with Crippen LogP contribution < -0.4 is 4.74 Å². The van der Waals surface area contributed by atoms with E-state index in [1.807, 2.05) is 44.2 Å². The number of rotatable bonds is 7. The van der Waals surface area contributed by atoms with Crippen molar-refractivity contribution in [1.82, 2.24) is 9.78 Å². The quantitative estimate of drug-likeness (QED) is 0.543. The van der Waals surface area contributed by atoms with Crippen molar-refractivity contribution in [3.05, 3.63) is 65.9 Å². The SMILES string of the molecule is CCC(C)Oc1ccc(-c2nn(-c3ccccc3)c(C(=O)OC)c2C(=O)OC)cc1. The topological polar surface area (TPSA) is 79.7 Å². The van der Waals surface area contributed by atoms with Crippen molar-refractivity contribution in [3.8, 4) is 22.7 Å². The Balaban J connectivity index is 2.17. The molecule has 0 fully saturated rings. The van der Waals surface area contributed by atoms with Crippen LogP contribution in [0, 0.1) is 0 Å². The van der Waals surface area contributed by atoms with Gasteiger partial charge in [0.15, 0.2) is 5.69 Å². The van der Waals surface area contributed by atoms with Crippen molar-refractivity contribution >= 4 is 11.9 Å². The second kappa shape index (κ2) is 9.26. The van der Waals surface area contributed by atoms with Gasteiger partial charge in [0.05, 0.1) is 26.0 Å². The van der Waals surface area contributed by atoms with E-state index in [-0.39, 0.29) is 17.4 Å². The summed E-state index contributed by atoms with van der Waals surface area (Å²) in [6, 6.07) is 16.3. The first-order valence-corrected chi connectivity index (χ1v) is 9.62. The average molecular weight is 408 g/mol. The number of methoxy groups -OCH3 is 2. The molecule has 1 atom stereocenters.